The Morgan fingerprint density at radius 1 is 1.00 bits per heavy atom. The molecule has 0 aliphatic rings. The summed E-state index contributed by atoms with van der Waals surface area (Å²) in [5.74, 6) is -1.69. The van der Waals surface area contributed by atoms with Crippen molar-refractivity contribution < 1.29 is 29.2 Å². The van der Waals surface area contributed by atoms with E-state index in [1.165, 1.54) is 24.3 Å². The average Bonchev–Trinajstić information content (AvgIpc) is 2.76. The van der Waals surface area contributed by atoms with Crippen LogP contribution in [0.1, 0.15) is 11.1 Å². The Labute approximate surface area is 177 Å². The summed E-state index contributed by atoms with van der Waals surface area (Å²) >= 11 is 0. The molecule has 0 bridgehead atoms. The highest BCUT2D eigenvalue weighted by atomic mass is 16.6. The minimum atomic E-state index is -1.37. The SMILES string of the molecule is NC(=O)[C@@H](Cc1ccc([N+](=O)[O-])cc1)NC(=O)[C@H](CO)NC(=O)OCc1ccccc1. The van der Waals surface area contributed by atoms with Crippen LogP contribution in [0.2, 0.25) is 0 Å². The maximum atomic E-state index is 12.4. The lowest BCUT2D eigenvalue weighted by atomic mass is 10.0. The molecule has 2 aromatic rings. The maximum Gasteiger partial charge on any atom is 0.408 e. The number of nitrogens with one attached hydrogen (secondary N) is 2. The number of hydrogen-bond donors (Lipinski definition) is 4. The molecule has 0 saturated carbocycles. The van der Waals surface area contributed by atoms with E-state index in [-0.39, 0.29) is 18.7 Å². The van der Waals surface area contributed by atoms with Crippen LogP contribution in [0, 0.1) is 10.1 Å². The van der Waals surface area contributed by atoms with Crippen molar-refractivity contribution in [3.8, 4) is 0 Å². The highest BCUT2D eigenvalue weighted by Gasteiger charge is 2.26. The molecule has 0 aliphatic heterocycles. The number of nitrogens with zero attached hydrogens (tertiary/aromatic N) is 1. The second kappa shape index (κ2) is 11.3. The smallest absolute Gasteiger partial charge is 0.408 e. The van der Waals surface area contributed by atoms with E-state index in [4.69, 9.17) is 10.5 Å². The Hall–Kier alpha value is -3.99. The number of nitro benzene ring substituents is 1. The normalized spacial score (nSPS) is 12.3. The molecule has 2 atom stereocenters. The van der Waals surface area contributed by atoms with Gasteiger partial charge in [-0.25, -0.2) is 4.79 Å². The van der Waals surface area contributed by atoms with E-state index in [0.717, 1.165) is 5.56 Å². The zero-order valence-electron chi connectivity index (χ0n) is 16.4. The number of aliphatic hydroxyl groups is 1. The molecular weight excluding hydrogens is 408 g/mol. The molecule has 11 nitrogen and oxygen atoms in total. The van der Waals surface area contributed by atoms with Crippen molar-refractivity contribution >= 4 is 23.6 Å². The van der Waals surface area contributed by atoms with Crippen LogP contribution >= 0.6 is 0 Å². The number of primary amides is 1. The molecule has 0 aliphatic carbocycles. The van der Waals surface area contributed by atoms with Crippen molar-refractivity contribution in [1.29, 1.82) is 0 Å². The Kier molecular flexibility index (Phi) is 8.46. The summed E-state index contributed by atoms with van der Waals surface area (Å²) in [7, 11) is 0. The van der Waals surface area contributed by atoms with Gasteiger partial charge in [-0.05, 0) is 11.1 Å². The number of carbonyl (C=O) groups excluding carboxylic acids is 3. The molecule has 0 saturated heterocycles. The van der Waals surface area contributed by atoms with Gasteiger partial charge in [0, 0.05) is 18.6 Å². The van der Waals surface area contributed by atoms with Crippen LogP contribution in [0.4, 0.5) is 10.5 Å². The fourth-order valence-electron chi connectivity index (χ4n) is 2.59. The third-order valence-corrected chi connectivity index (χ3v) is 4.25. The van der Waals surface area contributed by atoms with Crippen LogP contribution < -0.4 is 16.4 Å². The van der Waals surface area contributed by atoms with E-state index in [0.29, 0.717) is 5.56 Å². The van der Waals surface area contributed by atoms with Crippen LogP contribution in [-0.4, -0.2) is 46.6 Å². The van der Waals surface area contributed by atoms with Crippen LogP contribution in [0.5, 0.6) is 0 Å². The van der Waals surface area contributed by atoms with E-state index in [9.17, 15) is 29.6 Å². The minimum Gasteiger partial charge on any atom is -0.445 e. The van der Waals surface area contributed by atoms with Gasteiger partial charge in [0.2, 0.25) is 11.8 Å². The summed E-state index contributed by atoms with van der Waals surface area (Å²) in [5.41, 5.74) is 6.46. The van der Waals surface area contributed by atoms with Crippen LogP contribution in [-0.2, 0) is 27.4 Å². The third kappa shape index (κ3) is 7.40. The lowest BCUT2D eigenvalue weighted by molar-refractivity contribution is -0.384. The summed E-state index contributed by atoms with van der Waals surface area (Å²) in [6.07, 6.45) is -0.959. The molecule has 0 fully saturated rings. The fourth-order valence-corrected chi connectivity index (χ4v) is 2.59. The lowest BCUT2D eigenvalue weighted by Crippen LogP contribution is -2.54. The highest BCUT2D eigenvalue weighted by Crippen LogP contribution is 2.13. The van der Waals surface area contributed by atoms with E-state index in [1.807, 2.05) is 6.07 Å². The first kappa shape index (κ1) is 23.3. The summed E-state index contributed by atoms with van der Waals surface area (Å²) in [4.78, 5) is 46.2. The van der Waals surface area contributed by atoms with Crippen LogP contribution in [0.15, 0.2) is 54.6 Å². The molecule has 2 rings (SSSR count). The van der Waals surface area contributed by atoms with Gasteiger partial charge < -0.3 is 26.2 Å². The van der Waals surface area contributed by atoms with Gasteiger partial charge in [-0.3, -0.25) is 19.7 Å². The molecule has 11 heteroatoms. The van der Waals surface area contributed by atoms with Gasteiger partial charge in [0.1, 0.15) is 18.7 Å². The van der Waals surface area contributed by atoms with E-state index < -0.39 is 41.5 Å². The van der Waals surface area contributed by atoms with Gasteiger partial charge in [0.05, 0.1) is 11.5 Å². The number of non-ortho nitro benzene ring substituents is 1. The zero-order valence-corrected chi connectivity index (χ0v) is 16.4. The molecule has 0 heterocycles. The predicted octanol–water partition coefficient (Wildman–Crippen LogP) is 0.395. The highest BCUT2D eigenvalue weighted by molar-refractivity contribution is 5.91. The van der Waals surface area contributed by atoms with Gasteiger partial charge in [0.25, 0.3) is 5.69 Å². The van der Waals surface area contributed by atoms with Crippen molar-refractivity contribution in [3.63, 3.8) is 0 Å². The molecule has 5 N–H and O–H groups in total. The third-order valence-electron chi connectivity index (χ3n) is 4.25. The standard InChI is InChI=1S/C20H22N4O7/c21-18(26)16(10-13-6-8-15(9-7-13)24(29)30)22-19(27)17(11-25)23-20(28)31-12-14-4-2-1-3-5-14/h1-9,16-17,25H,10-12H2,(H2,21,26)(H,22,27)(H,23,28)/t16-,17+/m1/s1. The van der Waals surface area contributed by atoms with Gasteiger partial charge in [-0.15, -0.1) is 0 Å². The summed E-state index contributed by atoms with van der Waals surface area (Å²) in [5, 5.41) is 24.7. The fraction of sp³-hybridized carbons (Fsp3) is 0.250. The second-order valence-corrected chi connectivity index (χ2v) is 6.53. The molecule has 0 unspecified atom stereocenters. The van der Waals surface area contributed by atoms with Gasteiger partial charge in [-0.2, -0.15) is 0 Å². The summed E-state index contributed by atoms with van der Waals surface area (Å²) in [6, 6.07) is 11.7. The quantitative estimate of drug-likeness (QED) is 0.311. The van der Waals surface area contributed by atoms with E-state index >= 15 is 0 Å². The Bertz CT molecular complexity index is 919. The number of hydrogen-bond acceptors (Lipinski definition) is 7. The molecule has 0 aromatic heterocycles. The molecule has 3 amide bonds. The predicted molar refractivity (Wildman–Crippen MR) is 109 cm³/mol. The van der Waals surface area contributed by atoms with E-state index in [1.54, 1.807) is 24.3 Å². The van der Waals surface area contributed by atoms with Crippen molar-refractivity contribution in [1.82, 2.24) is 10.6 Å². The first-order valence-corrected chi connectivity index (χ1v) is 9.21. The topological polar surface area (TPSA) is 174 Å². The number of nitro groups is 1. The Morgan fingerprint density at radius 2 is 1.65 bits per heavy atom. The van der Waals surface area contributed by atoms with Crippen molar-refractivity contribution in [2.45, 2.75) is 25.1 Å². The Balaban J connectivity index is 1.93. The van der Waals surface area contributed by atoms with Crippen molar-refractivity contribution in [2.24, 2.45) is 5.73 Å². The van der Waals surface area contributed by atoms with Crippen molar-refractivity contribution in [3.05, 3.63) is 75.8 Å². The number of carbonyl (C=O) groups is 3. The average molecular weight is 430 g/mol. The van der Waals surface area contributed by atoms with Crippen LogP contribution in [0.3, 0.4) is 0 Å². The van der Waals surface area contributed by atoms with Gasteiger partial charge in [-0.1, -0.05) is 42.5 Å². The zero-order chi connectivity index (χ0) is 22.8. The number of rotatable bonds is 10. The number of nitrogens with two attached hydrogens (primary N) is 1. The summed E-state index contributed by atoms with van der Waals surface area (Å²) < 4.78 is 5.00. The molecule has 31 heavy (non-hydrogen) atoms. The van der Waals surface area contributed by atoms with E-state index in [2.05, 4.69) is 10.6 Å². The number of aliphatic hydroxyl groups excluding tert-OH is 1. The summed E-state index contributed by atoms with van der Waals surface area (Å²) in [6.45, 7) is -0.772. The minimum absolute atomic E-state index is 0.0313. The van der Waals surface area contributed by atoms with Crippen LogP contribution in [0.25, 0.3) is 0 Å². The number of alkyl carbamates (subject to hydrolysis) is 1. The first-order valence-electron chi connectivity index (χ1n) is 9.21. The largest absolute Gasteiger partial charge is 0.445 e. The number of amides is 3. The monoisotopic (exact) mass is 430 g/mol. The molecule has 164 valence electrons. The first-order chi connectivity index (χ1) is 14.8. The maximum absolute atomic E-state index is 12.4. The lowest BCUT2D eigenvalue weighted by Gasteiger charge is -2.20. The molecular formula is C20H22N4O7. The Morgan fingerprint density at radius 3 is 2.19 bits per heavy atom. The second-order valence-electron chi connectivity index (χ2n) is 6.53. The number of ether oxygens (including phenoxy) is 1. The van der Waals surface area contributed by atoms with Gasteiger partial charge in [0.15, 0.2) is 0 Å². The van der Waals surface area contributed by atoms with Gasteiger partial charge >= 0.3 is 6.09 Å². The number of benzene rings is 2. The molecule has 2 aromatic carbocycles. The molecule has 0 radical (unpaired) electrons. The molecule has 0 spiro atoms. The van der Waals surface area contributed by atoms with Crippen molar-refractivity contribution in [2.75, 3.05) is 6.61 Å².